The largest absolute Gasteiger partial charge is 0.475 e. The highest BCUT2D eigenvalue weighted by molar-refractivity contribution is 7.19. The van der Waals surface area contributed by atoms with Gasteiger partial charge in [0, 0.05) is 18.5 Å². The molecule has 4 aromatic rings. The van der Waals surface area contributed by atoms with Gasteiger partial charge in [-0.1, -0.05) is 16.8 Å². The Morgan fingerprint density at radius 1 is 1.32 bits per heavy atom. The molecule has 4 heterocycles. The number of carboxylic acid groups (broad SMARTS) is 1. The second-order valence-electron chi connectivity index (χ2n) is 5.07. The van der Waals surface area contributed by atoms with Crippen molar-refractivity contribution in [1.82, 2.24) is 24.5 Å². The minimum atomic E-state index is -1.19. The van der Waals surface area contributed by atoms with Crippen molar-refractivity contribution < 1.29 is 14.4 Å². The van der Waals surface area contributed by atoms with Gasteiger partial charge in [0.1, 0.15) is 5.69 Å². The lowest BCUT2D eigenvalue weighted by molar-refractivity contribution is 0.0683. The van der Waals surface area contributed by atoms with E-state index in [1.54, 1.807) is 29.1 Å². The maximum absolute atomic E-state index is 11.2. The van der Waals surface area contributed by atoms with Crippen LogP contribution in [0.2, 0.25) is 4.34 Å². The van der Waals surface area contributed by atoms with Gasteiger partial charge < -0.3 is 9.63 Å². The summed E-state index contributed by atoms with van der Waals surface area (Å²) in [4.78, 5) is 16.1. The predicted octanol–water partition coefficient (Wildman–Crippen LogP) is 3.19. The predicted molar refractivity (Wildman–Crippen MR) is 90.2 cm³/mol. The van der Waals surface area contributed by atoms with E-state index in [0.29, 0.717) is 21.7 Å². The summed E-state index contributed by atoms with van der Waals surface area (Å²) in [5.74, 6) is -0.502. The van der Waals surface area contributed by atoms with Crippen LogP contribution in [0.15, 0.2) is 47.2 Å². The van der Waals surface area contributed by atoms with Gasteiger partial charge in [-0.2, -0.15) is 4.98 Å². The van der Waals surface area contributed by atoms with E-state index in [0.717, 1.165) is 4.88 Å². The third-order valence-electron chi connectivity index (χ3n) is 3.37. The second kappa shape index (κ2) is 6.19. The molecular formula is C15H10ClN5O3S. The molecule has 1 N–H and O–H groups in total. The zero-order valence-electron chi connectivity index (χ0n) is 12.5. The van der Waals surface area contributed by atoms with Crippen molar-refractivity contribution in [2.45, 2.75) is 6.54 Å². The third kappa shape index (κ3) is 3.06. The molecule has 0 aliphatic heterocycles. The molecule has 0 aliphatic rings. The Morgan fingerprint density at radius 2 is 2.12 bits per heavy atom. The molecule has 0 bridgehead atoms. The van der Waals surface area contributed by atoms with Crippen LogP contribution in [0.5, 0.6) is 0 Å². The first kappa shape index (κ1) is 15.6. The van der Waals surface area contributed by atoms with Gasteiger partial charge in [-0.15, -0.1) is 16.4 Å². The lowest BCUT2D eigenvalue weighted by atomic mass is 10.3. The SMILES string of the molecule is O=C(O)c1nc(-n2cccc2)n(Cc2cc(-c3ccc(Cl)s3)on2)n1. The normalized spacial score (nSPS) is 11.1. The Kier molecular flexibility index (Phi) is 3.86. The number of hydrogen-bond acceptors (Lipinski definition) is 6. The number of carboxylic acids is 1. The Hall–Kier alpha value is -2.91. The summed E-state index contributed by atoms with van der Waals surface area (Å²) in [5.41, 5.74) is 0.592. The molecule has 8 nitrogen and oxygen atoms in total. The Bertz CT molecular complexity index is 1030. The highest BCUT2D eigenvalue weighted by Gasteiger charge is 2.18. The molecule has 0 aliphatic carbocycles. The van der Waals surface area contributed by atoms with E-state index in [2.05, 4.69) is 15.2 Å². The molecule has 0 spiro atoms. The summed E-state index contributed by atoms with van der Waals surface area (Å²) in [7, 11) is 0. The van der Waals surface area contributed by atoms with Crippen LogP contribution in [0.25, 0.3) is 16.6 Å². The summed E-state index contributed by atoms with van der Waals surface area (Å²) in [6, 6.07) is 9.02. The molecule has 0 atom stereocenters. The molecule has 0 amide bonds. The van der Waals surface area contributed by atoms with Crippen LogP contribution in [-0.2, 0) is 6.54 Å². The summed E-state index contributed by atoms with van der Waals surface area (Å²) < 4.78 is 9.14. The lowest BCUT2D eigenvalue weighted by Gasteiger charge is -2.03. The number of hydrogen-bond donors (Lipinski definition) is 1. The number of carbonyl (C=O) groups is 1. The van der Waals surface area contributed by atoms with Crippen LogP contribution in [0.4, 0.5) is 0 Å². The van der Waals surface area contributed by atoms with E-state index in [9.17, 15) is 4.79 Å². The molecule has 10 heteroatoms. The van der Waals surface area contributed by atoms with Crippen LogP contribution < -0.4 is 0 Å². The van der Waals surface area contributed by atoms with Crippen molar-refractivity contribution in [3.63, 3.8) is 0 Å². The number of halogens is 1. The minimum absolute atomic E-state index is 0.219. The molecule has 0 aromatic carbocycles. The lowest BCUT2D eigenvalue weighted by Crippen LogP contribution is -2.09. The van der Waals surface area contributed by atoms with Gasteiger partial charge >= 0.3 is 5.97 Å². The van der Waals surface area contributed by atoms with Gasteiger partial charge in [0.15, 0.2) is 5.76 Å². The molecule has 4 aromatic heterocycles. The van der Waals surface area contributed by atoms with Crippen molar-refractivity contribution in [3.05, 3.63) is 58.6 Å². The van der Waals surface area contributed by atoms with Gasteiger partial charge in [0.2, 0.25) is 5.95 Å². The first-order chi connectivity index (χ1) is 12.1. The monoisotopic (exact) mass is 375 g/mol. The molecular weight excluding hydrogens is 366 g/mol. The van der Waals surface area contributed by atoms with E-state index in [-0.39, 0.29) is 12.4 Å². The first-order valence-electron chi connectivity index (χ1n) is 7.13. The molecule has 0 fully saturated rings. The van der Waals surface area contributed by atoms with E-state index in [1.165, 1.54) is 16.0 Å². The summed E-state index contributed by atoms with van der Waals surface area (Å²) in [6.07, 6.45) is 3.52. The minimum Gasteiger partial charge on any atom is -0.475 e. The number of rotatable bonds is 5. The van der Waals surface area contributed by atoms with Crippen molar-refractivity contribution >= 4 is 28.9 Å². The molecule has 0 saturated heterocycles. The Labute approximate surface area is 149 Å². The average Bonchev–Trinajstić information content (AvgIpc) is 3.34. The topological polar surface area (TPSA) is 99.0 Å². The van der Waals surface area contributed by atoms with Crippen molar-refractivity contribution in [2.75, 3.05) is 0 Å². The highest BCUT2D eigenvalue weighted by Crippen LogP contribution is 2.31. The van der Waals surface area contributed by atoms with Crippen LogP contribution in [-0.4, -0.2) is 35.6 Å². The molecule has 25 heavy (non-hydrogen) atoms. The van der Waals surface area contributed by atoms with E-state index < -0.39 is 5.97 Å². The summed E-state index contributed by atoms with van der Waals surface area (Å²) in [5, 5.41) is 17.2. The number of aromatic nitrogens is 5. The van der Waals surface area contributed by atoms with Crippen LogP contribution in [0.3, 0.4) is 0 Å². The van der Waals surface area contributed by atoms with E-state index >= 15 is 0 Å². The van der Waals surface area contributed by atoms with Crippen molar-refractivity contribution in [3.8, 4) is 16.6 Å². The maximum Gasteiger partial charge on any atom is 0.375 e. The molecule has 4 rings (SSSR count). The maximum atomic E-state index is 11.2. The van der Waals surface area contributed by atoms with Gasteiger partial charge in [0.25, 0.3) is 5.82 Å². The number of thiophene rings is 1. The zero-order chi connectivity index (χ0) is 17.4. The fraction of sp³-hybridized carbons (Fsp3) is 0.0667. The molecule has 0 radical (unpaired) electrons. The van der Waals surface area contributed by atoms with Gasteiger partial charge in [-0.05, 0) is 24.3 Å². The Morgan fingerprint density at radius 3 is 2.80 bits per heavy atom. The van der Waals surface area contributed by atoms with Crippen LogP contribution in [0, 0.1) is 0 Å². The zero-order valence-corrected chi connectivity index (χ0v) is 14.1. The number of aromatic carboxylic acids is 1. The van der Waals surface area contributed by atoms with Gasteiger partial charge in [0.05, 0.1) is 15.8 Å². The fourth-order valence-corrected chi connectivity index (χ4v) is 3.28. The van der Waals surface area contributed by atoms with Gasteiger partial charge in [-0.25, -0.2) is 9.48 Å². The van der Waals surface area contributed by atoms with E-state index in [4.69, 9.17) is 21.2 Å². The highest BCUT2D eigenvalue weighted by atomic mass is 35.5. The quantitative estimate of drug-likeness (QED) is 0.575. The second-order valence-corrected chi connectivity index (χ2v) is 6.79. The van der Waals surface area contributed by atoms with Gasteiger partial charge in [-0.3, -0.25) is 4.57 Å². The fourth-order valence-electron chi connectivity index (χ4n) is 2.29. The van der Waals surface area contributed by atoms with E-state index in [1.807, 2.05) is 18.2 Å². The first-order valence-corrected chi connectivity index (χ1v) is 8.32. The third-order valence-corrected chi connectivity index (χ3v) is 4.61. The van der Waals surface area contributed by atoms with Crippen molar-refractivity contribution in [2.24, 2.45) is 0 Å². The summed E-state index contributed by atoms with van der Waals surface area (Å²) in [6.45, 7) is 0.219. The number of nitrogens with zero attached hydrogens (tertiary/aromatic N) is 5. The molecule has 0 unspecified atom stereocenters. The Balaban J connectivity index is 1.66. The smallest absolute Gasteiger partial charge is 0.375 e. The summed E-state index contributed by atoms with van der Waals surface area (Å²) >= 11 is 7.32. The van der Waals surface area contributed by atoms with Crippen molar-refractivity contribution in [1.29, 1.82) is 0 Å². The van der Waals surface area contributed by atoms with Crippen LogP contribution >= 0.6 is 22.9 Å². The average molecular weight is 376 g/mol. The molecule has 126 valence electrons. The van der Waals surface area contributed by atoms with Crippen LogP contribution in [0.1, 0.15) is 16.3 Å². The standard InChI is InChI=1S/C15H10ClN5O3S/c16-12-4-3-11(25-12)10-7-9(19-24-10)8-21-15(20-5-1-2-6-20)17-13(18-21)14(22)23/h1-7H,8H2,(H,22,23). The molecule has 0 saturated carbocycles.